The van der Waals surface area contributed by atoms with E-state index in [0.717, 1.165) is 10.4 Å². The number of amides is 1. The van der Waals surface area contributed by atoms with E-state index in [1.165, 1.54) is 11.3 Å². The zero-order valence-corrected chi connectivity index (χ0v) is 18.4. The van der Waals surface area contributed by atoms with Crippen molar-refractivity contribution in [1.82, 2.24) is 19.7 Å². The van der Waals surface area contributed by atoms with Crippen LogP contribution in [0, 0.1) is 6.92 Å². The minimum absolute atomic E-state index is 0.263. The van der Waals surface area contributed by atoms with Gasteiger partial charge in [0.1, 0.15) is 0 Å². The second-order valence-corrected chi connectivity index (χ2v) is 8.63. The number of rotatable bonds is 6. The number of ether oxygens (including phenoxy) is 1. The SMILES string of the molecule is Cc1nn(C)c2nc(-c3cccs3)cc(C(=O)OCC(=O)N(C)Cc3ccsc3)c12. The van der Waals surface area contributed by atoms with E-state index in [9.17, 15) is 9.59 Å². The number of likely N-dealkylation sites (N-methyl/N-ethyl adjacent to an activating group) is 1. The van der Waals surface area contributed by atoms with Gasteiger partial charge in [0, 0.05) is 20.6 Å². The van der Waals surface area contributed by atoms with Gasteiger partial charge in [0.05, 0.1) is 27.2 Å². The number of carbonyl (C=O) groups is 2. The van der Waals surface area contributed by atoms with Crippen LogP contribution in [0.25, 0.3) is 21.6 Å². The van der Waals surface area contributed by atoms with Crippen LogP contribution < -0.4 is 0 Å². The fourth-order valence-electron chi connectivity index (χ4n) is 3.22. The molecule has 4 rings (SSSR count). The van der Waals surface area contributed by atoms with Crippen molar-refractivity contribution in [1.29, 1.82) is 0 Å². The van der Waals surface area contributed by atoms with Crippen LogP contribution in [0.2, 0.25) is 0 Å². The van der Waals surface area contributed by atoms with E-state index in [0.29, 0.717) is 34.5 Å². The zero-order valence-electron chi connectivity index (χ0n) is 16.8. The summed E-state index contributed by atoms with van der Waals surface area (Å²) in [6, 6.07) is 7.55. The highest BCUT2D eigenvalue weighted by Crippen LogP contribution is 2.29. The molecule has 0 aliphatic carbocycles. The first-order valence-corrected chi connectivity index (χ1v) is 11.1. The lowest BCUT2D eigenvalue weighted by atomic mass is 10.1. The molecule has 4 aromatic heterocycles. The first-order valence-electron chi connectivity index (χ1n) is 9.24. The Labute approximate surface area is 181 Å². The lowest BCUT2D eigenvalue weighted by Crippen LogP contribution is -2.30. The molecule has 0 aliphatic heterocycles. The summed E-state index contributed by atoms with van der Waals surface area (Å²) in [4.78, 5) is 32.5. The average molecular weight is 441 g/mol. The second-order valence-electron chi connectivity index (χ2n) is 6.90. The number of aryl methyl sites for hydroxylation is 2. The molecule has 4 heterocycles. The highest BCUT2D eigenvalue weighted by atomic mass is 32.1. The maximum atomic E-state index is 12.9. The van der Waals surface area contributed by atoms with E-state index in [-0.39, 0.29) is 12.5 Å². The van der Waals surface area contributed by atoms with E-state index in [4.69, 9.17) is 4.74 Å². The van der Waals surface area contributed by atoms with Gasteiger partial charge >= 0.3 is 5.97 Å². The molecule has 7 nitrogen and oxygen atoms in total. The first-order chi connectivity index (χ1) is 14.4. The van der Waals surface area contributed by atoms with Crippen molar-refractivity contribution in [3.8, 4) is 10.6 Å². The van der Waals surface area contributed by atoms with Gasteiger partial charge in [-0.1, -0.05) is 6.07 Å². The standard InChI is InChI=1S/C21H20N4O3S2/c1-13-19-15(9-16(17-5-4-7-30-17)22-20(19)25(3)23-13)21(27)28-11-18(26)24(2)10-14-6-8-29-12-14/h4-9,12H,10-11H2,1-3H3. The van der Waals surface area contributed by atoms with Crippen molar-refractivity contribution in [3.63, 3.8) is 0 Å². The largest absolute Gasteiger partial charge is 0.452 e. The molecule has 0 radical (unpaired) electrons. The van der Waals surface area contributed by atoms with E-state index in [1.54, 1.807) is 41.1 Å². The van der Waals surface area contributed by atoms with Gasteiger partial charge in [-0.3, -0.25) is 9.48 Å². The average Bonchev–Trinajstić information content (AvgIpc) is 3.48. The van der Waals surface area contributed by atoms with Crippen molar-refractivity contribution in [2.75, 3.05) is 13.7 Å². The number of esters is 1. The van der Waals surface area contributed by atoms with Crippen LogP contribution in [0.15, 0.2) is 40.4 Å². The third kappa shape index (κ3) is 3.99. The quantitative estimate of drug-likeness (QED) is 0.425. The summed E-state index contributed by atoms with van der Waals surface area (Å²) in [5.74, 6) is -0.824. The maximum Gasteiger partial charge on any atom is 0.339 e. The number of nitrogens with zero attached hydrogens (tertiary/aromatic N) is 4. The number of pyridine rings is 1. The number of hydrogen-bond acceptors (Lipinski definition) is 7. The summed E-state index contributed by atoms with van der Waals surface area (Å²) in [5, 5.41) is 10.9. The van der Waals surface area contributed by atoms with E-state index < -0.39 is 5.97 Å². The number of fused-ring (bicyclic) bond motifs is 1. The molecule has 0 unspecified atom stereocenters. The van der Waals surface area contributed by atoms with Crippen molar-refractivity contribution in [2.45, 2.75) is 13.5 Å². The Morgan fingerprint density at radius 2 is 2.10 bits per heavy atom. The Morgan fingerprint density at radius 3 is 2.80 bits per heavy atom. The molecule has 0 saturated carbocycles. The number of aromatic nitrogens is 3. The van der Waals surface area contributed by atoms with Crippen LogP contribution in [-0.2, 0) is 23.1 Å². The number of thiophene rings is 2. The lowest BCUT2D eigenvalue weighted by molar-refractivity contribution is -0.133. The van der Waals surface area contributed by atoms with Gasteiger partial charge < -0.3 is 9.64 Å². The fraction of sp³-hybridized carbons (Fsp3) is 0.238. The molecule has 0 atom stereocenters. The van der Waals surface area contributed by atoms with E-state index >= 15 is 0 Å². The lowest BCUT2D eigenvalue weighted by Gasteiger charge is -2.16. The van der Waals surface area contributed by atoms with E-state index in [2.05, 4.69) is 10.1 Å². The van der Waals surface area contributed by atoms with Gasteiger partial charge in [0.25, 0.3) is 5.91 Å². The molecule has 0 bridgehead atoms. The molecule has 4 aromatic rings. The molecule has 0 spiro atoms. The summed E-state index contributed by atoms with van der Waals surface area (Å²) in [6.45, 7) is 1.98. The summed E-state index contributed by atoms with van der Waals surface area (Å²) in [5.41, 5.74) is 3.37. The van der Waals surface area contributed by atoms with Crippen molar-refractivity contribution in [2.24, 2.45) is 7.05 Å². The topological polar surface area (TPSA) is 77.3 Å². The van der Waals surface area contributed by atoms with Crippen LogP contribution in [0.1, 0.15) is 21.6 Å². The van der Waals surface area contributed by atoms with Crippen molar-refractivity contribution >= 4 is 45.6 Å². The molecule has 30 heavy (non-hydrogen) atoms. The predicted octanol–water partition coefficient (Wildman–Crippen LogP) is 3.88. The summed E-state index contributed by atoms with van der Waals surface area (Å²) in [6.07, 6.45) is 0. The van der Waals surface area contributed by atoms with Gasteiger partial charge in [-0.2, -0.15) is 16.4 Å². The van der Waals surface area contributed by atoms with Crippen LogP contribution in [-0.4, -0.2) is 45.2 Å². The van der Waals surface area contributed by atoms with Gasteiger partial charge in [0.15, 0.2) is 12.3 Å². The van der Waals surface area contributed by atoms with Gasteiger partial charge in [0.2, 0.25) is 0 Å². The molecule has 0 fully saturated rings. The highest BCUT2D eigenvalue weighted by Gasteiger charge is 2.22. The molecule has 0 aromatic carbocycles. The zero-order chi connectivity index (χ0) is 21.3. The minimum atomic E-state index is -0.561. The third-order valence-corrected chi connectivity index (χ3v) is 6.34. The van der Waals surface area contributed by atoms with Crippen molar-refractivity contribution < 1.29 is 14.3 Å². The molecule has 1 amide bonds. The summed E-state index contributed by atoms with van der Waals surface area (Å²) < 4.78 is 7.04. The van der Waals surface area contributed by atoms with Gasteiger partial charge in [-0.15, -0.1) is 11.3 Å². The molecule has 0 N–H and O–H groups in total. The Morgan fingerprint density at radius 1 is 1.27 bits per heavy atom. The highest BCUT2D eigenvalue weighted by molar-refractivity contribution is 7.13. The Balaban J connectivity index is 1.57. The summed E-state index contributed by atoms with van der Waals surface area (Å²) in [7, 11) is 3.48. The Bertz CT molecular complexity index is 1200. The summed E-state index contributed by atoms with van der Waals surface area (Å²) >= 11 is 3.11. The number of carbonyl (C=O) groups excluding carboxylic acids is 2. The smallest absolute Gasteiger partial charge is 0.339 e. The van der Waals surface area contributed by atoms with E-state index in [1.807, 2.05) is 41.3 Å². The fourth-order valence-corrected chi connectivity index (χ4v) is 4.56. The molecule has 0 saturated heterocycles. The number of hydrogen-bond donors (Lipinski definition) is 0. The molecular weight excluding hydrogens is 420 g/mol. The van der Waals surface area contributed by atoms with Crippen LogP contribution in [0.4, 0.5) is 0 Å². The molecule has 0 aliphatic rings. The normalized spacial score (nSPS) is 11.0. The van der Waals surface area contributed by atoms with Crippen molar-refractivity contribution in [3.05, 3.63) is 57.2 Å². The second kappa shape index (κ2) is 8.37. The maximum absolute atomic E-state index is 12.9. The van der Waals surface area contributed by atoms with Gasteiger partial charge in [-0.25, -0.2) is 9.78 Å². The Hall–Kier alpha value is -3.04. The minimum Gasteiger partial charge on any atom is -0.452 e. The Kier molecular flexibility index (Phi) is 5.65. The van der Waals surface area contributed by atoms with Crippen LogP contribution in [0.3, 0.4) is 0 Å². The predicted molar refractivity (Wildman–Crippen MR) is 118 cm³/mol. The van der Waals surface area contributed by atoms with Crippen LogP contribution in [0.5, 0.6) is 0 Å². The van der Waals surface area contributed by atoms with Gasteiger partial charge in [-0.05, 0) is 46.8 Å². The third-order valence-electron chi connectivity index (χ3n) is 4.71. The first kappa shape index (κ1) is 20.2. The molecule has 9 heteroatoms. The molecule has 154 valence electrons. The monoisotopic (exact) mass is 440 g/mol. The van der Waals surface area contributed by atoms with Crippen LogP contribution >= 0.6 is 22.7 Å². The molecular formula is C21H20N4O3S2.